The summed E-state index contributed by atoms with van der Waals surface area (Å²) >= 11 is 9.57. The third-order valence-corrected chi connectivity index (χ3v) is 6.39. The molecule has 11 heteroatoms. The van der Waals surface area contributed by atoms with Crippen LogP contribution in [0.25, 0.3) is 22.5 Å². The molecule has 0 saturated carbocycles. The maximum Gasteiger partial charge on any atom is 0.323 e. The molecular formula is C23H18BrClFN7O. The van der Waals surface area contributed by atoms with Crippen molar-refractivity contribution in [3.8, 4) is 22.5 Å². The van der Waals surface area contributed by atoms with Crippen LogP contribution in [-0.2, 0) is 6.54 Å². The van der Waals surface area contributed by atoms with Gasteiger partial charge in [0.25, 0.3) is 0 Å². The monoisotopic (exact) mass is 541 g/mol. The molecule has 0 spiro atoms. The lowest BCUT2D eigenvalue weighted by atomic mass is 10.0. The summed E-state index contributed by atoms with van der Waals surface area (Å²) < 4.78 is 17.4. The van der Waals surface area contributed by atoms with Crippen LogP contribution in [0.5, 0.6) is 0 Å². The number of benzene rings is 2. The Morgan fingerprint density at radius 3 is 2.79 bits per heavy atom. The molecule has 3 aliphatic rings. The number of anilines is 3. The van der Waals surface area contributed by atoms with Crippen LogP contribution < -0.4 is 21.6 Å². The SMILES string of the molecule is CN=c1ncc2cc(-c3cc(NC(=O)Nc4ccccc4Cl)c(F)cc3Br)c3n(c-2n1)CCN3. The molecule has 0 radical (unpaired) electrons. The van der Waals surface area contributed by atoms with Crippen LogP contribution in [0.4, 0.5) is 26.4 Å². The predicted octanol–water partition coefficient (Wildman–Crippen LogP) is 5.20. The summed E-state index contributed by atoms with van der Waals surface area (Å²) in [4.78, 5) is 25.4. The number of urea groups is 1. The van der Waals surface area contributed by atoms with E-state index in [2.05, 4.69) is 46.8 Å². The maximum absolute atomic E-state index is 14.8. The Balaban J connectivity index is 1.55. The van der Waals surface area contributed by atoms with Crippen LogP contribution in [0.3, 0.4) is 0 Å². The molecule has 0 aliphatic carbocycles. The zero-order valence-electron chi connectivity index (χ0n) is 17.9. The Morgan fingerprint density at radius 2 is 2.00 bits per heavy atom. The fourth-order valence-electron chi connectivity index (χ4n) is 3.86. The fraction of sp³-hybridized carbons (Fsp3) is 0.130. The minimum atomic E-state index is -0.610. The van der Waals surface area contributed by atoms with Crippen molar-refractivity contribution in [2.45, 2.75) is 6.54 Å². The highest BCUT2D eigenvalue weighted by Gasteiger charge is 2.24. The van der Waals surface area contributed by atoms with Crippen LogP contribution in [0.2, 0.25) is 5.02 Å². The number of fused-ring (bicyclic) bond motifs is 3. The van der Waals surface area contributed by atoms with Gasteiger partial charge in [-0.15, -0.1) is 0 Å². The standard InChI is InChI=1S/C23H18BrClFN7O/c1-27-22-29-11-12-8-14(21-28-6-7-33(21)20(12)32-22)13-9-19(17(26)10-15(13)24)31-23(34)30-18-5-3-2-4-16(18)25/h2-5,8-11,28H,6-7H2,1H3,(H2,30,31,34). The molecule has 3 heterocycles. The summed E-state index contributed by atoms with van der Waals surface area (Å²) in [6.45, 7) is 1.43. The zero-order valence-corrected chi connectivity index (χ0v) is 20.2. The van der Waals surface area contributed by atoms with Gasteiger partial charge >= 0.3 is 6.03 Å². The minimum Gasteiger partial charge on any atom is -0.369 e. The van der Waals surface area contributed by atoms with Gasteiger partial charge in [0, 0.05) is 47.5 Å². The average Bonchev–Trinajstić information content (AvgIpc) is 3.32. The molecule has 0 saturated heterocycles. The molecule has 0 fully saturated rings. The summed E-state index contributed by atoms with van der Waals surface area (Å²) in [6.07, 6.45) is 1.72. The Morgan fingerprint density at radius 1 is 1.21 bits per heavy atom. The summed E-state index contributed by atoms with van der Waals surface area (Å²) in [5, 5.41) is 8.97. The first kappa shape index (κ1) is 22.3. The Hall–Kier alpha value is -3.50. The van der Waals surface area contributed by atoms with Crippen molar-refractivity contribution in [3.05, 3.63) is 69.6 Å². The summed E-state index contributed by atoms with van der Waals surface area (Å²) in [5.41, 5.74) is 3.18. The number of nitrogens with zero attached hydrogens (tertiary/aromatic N) is 4. The molecule has 0 atom stereocenters. The van der Waals surface area contributed by atoms with Crippen molar-refractivity contribution in [2.24, 2.45) is 4.99 Å². The van der Waals surface area contributed by atoms with Gasteiger partial charge in [-0.05, 0) is 30.3 Å². The molecule has 8 nitrogen and oxygen atoms in total. The predicted molar refractivity (Wildman–Crippen MR) is 134 cm³/mol. The highest BCUT2D eigenvalue weighted by atomic mass is 79.9. The lowest BCUT2D eigenvalue weighted by Crippen LogP contribution is -2.20. The second kappa shape index (κ2) is 9.03. The third kappa shape index (κ3) is 4.10. The van der Waals surface area contributed by atoms with Gasteiger partial charge in [-0.2, -0.15) is 4.98 Å². The van der Waals surface area contributed by atoms with Crippen LogP contribution >= 0.6 is 27.5 Å². The first-order valence-corrected chi connectivity index (χ1v) is 11.5. The van der Waals surface area contributed by atoms with E-state index in [1.54, 1.807) is 43.6 Å². The van der Waals surface area contributed by atoms with E-state index in [1.807, 2.05) is 10.6 Å². The van der Waals surface area contributed by atoms with E-state index in [9.17, 15) is 9.18 Å². The number of nitrogens with one attached hydrogen (secondary N) is 3. The highest BCUT2D eigenvalue weighted by Crippen LogP contribution is 2.41. The lowest BCUT2D eigenvalue weighted by Gasteiger charge is -2.18. The molecule has 5 rings (SSSR count). The molecule has 172 valence electrons. The van der Waals surface area contributed by atoms with E-state index in [-0.39, 0.29) is 5.69 Å². The van der Waals surface area contributed by atoms with Crippen molar-refractivity contribution in [1.82, 2.24) is 14.5 Å². The van der Waals surface area contributed by atoms with Crippen molar-refractivity contribution < 1.29 is 9.18 Å². The van der Waals surface area contributed by atoms with Gasteiger partial charge in [-0.1, -0.05) is 39.7 Å². The van der Waals surface area contributed by atoms with E-state index in [0.29, 0.717) is 32.9 Å². The summed E-state index contributed by atoms with van der Waals surface area (Å²) in [6, 6.07) is 11.0. The second-order valence-corrected chi connectivity index (χ2v) is 8.79. The van der Waals surface area contributed by atoms with Crippen molar-refractivity contribution in [1.29, 1.82) is 0 Å². The molecule has 2 aromatic carbocycles. The van der Waals surface area contributed by atoms with Gasteiger partial charge in [-0.3, -0.25) is 4.99 Å². The molecule has 3 N–H and O–H groups in total. The van der Waals surface area contributed by atoms with E-state index >= 15 is 0 Å². The van der Waals surface area contributed by atoms with E-state index in [1.165, 1.54) is 6.07 Å². The molecule has 0 bridgehead atoms. The number of pyridine rings is 1. The van der Waals surface area contributed by atoms with Crippen LogP contribution in [-0.4, -0.2) is 34.2 Å². The van der Waals surface area contributed by atoms with E-state index in [0.717, 1.165) is 29.3 Å². The topological polar surface area (TPSA) is 96.2 Å². The van der Waals surface area contributed by atoms with Gasteiger partial charge in [0.05, 0.1) is 16.4 Å². The summed E-state index contributed by atoms with van der Waals surface area (Å²) in [5.74, 6) is 1.02. The van der Waals surface area contributed by atoms with Crippen LogP contribution in [0, 0.1) is 5.82 Å². The smallest absolute Gasteiger partial charge is 0.323 e. The van der Waals surface area contributed by atoms with Crippen LogP contribution in [0.15, 0.2) is 58.1 Å². The van der Waals surface area contributed by atoms with Crippen molar-refractivity contribution in [3.63, 3.8) is 0 Å². The van der Waals surface area contributed by atoms with Crippen LogP contribution in [0.1, 0.15) is 0 Å². The second-order valence-electron chi connectivity index (χ2n) is 7.53. The lowest BCUT2D eigenvalue weighted by molar-refractivity contribution is 0.262. The number of carbonyl (C=O) groups is 1. The van der Waals surface area contributed by atoms with Gasteiger partial charge in [-0.25, -0.2) is 14.2 Å². The number of halogens is 3. The zero-order chi connectivity index (χ0) is 23.8. The third-order valence-electron chi connectivity index (χ3n) is 5.41. The quantitative estimate of drug-likeness (QED) is 0.331. The number of para-hydroxylation sites is 1. The van der Waals surface area contributed by atoms with E-state index in [4.69, 9.17) is 11.6 Å². The van der Waals surface area contributed by atoms with Gasteiger partial charge < -0.3 is 20.5 Å². The molecule has 0 unspecified atom stereocenters. The van der Waals surface area contributed by atoms with Crippen molar-refractivity contribution >= 4 is 50.8 Å². The van der Waals surface area contributed by atoms with Crippen molar-refractivity contribution in [2.75, 3.05) is 29.5 Å². The number of carbonyl (C=O) groups excluding carboxylic acids is 1. The number of aromatic nitrogens is 3. The number of rotatable bonds is 3. The van der Waals surface area contributed by atoms with Gasteiger partial charge in [0.15, 0.2) is 0 Å². The molecular weight excluding hydrogens is 525 g/mol. The van der Waals surface area contributed by atoms with Gasteiger partial charge in [0.2, 0.25) is 5.62 Å². The summed E-state index contributed by atoms with van der Waals surface area (Å²) in [7, 11) is 1.64. The van der Waals surface area contributed by atoms with Gasteiger partial charge in [0.1, 0.15) is 17.5 Å². The first-order valence-electron chi connectivity index (χ1n) is 10.3. The Labute approximate surface area is 207 Å². The molecule has 2 aromatic rings. The molecule has 2 amide bonds. The largest absolute Gasteiger partial charge is 0.369 e. The maximum atomic E-state index is 14.8. The minimum absolute atomic E-state index is 0.0241. The van der Waals surface area contributed by atoms with E-state index < -0.39 is 11.8 Å². The fourth-order valence-corrected chi connectivity index (χ4v) is 4.58. The number of amides is 2. The number of hydrogen-bond acceptors (Lipinski definition) is 5. The first-order chi connectivity index (χ1) is 16.4. The normalized spacial score (nSPS) is 13.0. The average molecular weight is 543 g/mol. The molecule has 0 aromatic heterocycles. The number of hydrogen-bond donors (Lipinski definition) is 3. The molecule has 3 aliphatic heterocycles. The Kier molecular flexibility index (Phi) is 5.93. The molecule has 34 heavy (non-hydrogen) atoms. The Bertz CT molecular complexity index is 1470. The highest BCUT2D eigenvalue weighted by molar-refractivity contribution is 9.10.